The van der Waals surface area contributed by atoms with Crippen molar-refractivity contribution >= 4 is 40.4 Å². The maximum absolute atomic E-state index is 13.4. The van der Waals surface area contributed by atoms with Gasteiger partial charge >= 0.3 is 0 Å². The summed E-state index contributed by atoms with van der Waals surface area (Å²) in [4.78, 5) is 30.3. The van der Waals surface area contributed by atoms with Gasteiger partial charge < -0.3 is 10.2 Å². The Hall–Kier alpha value is -2.67. The van der Waals surface area contributed by atoms with Gasteiger partial charge in [0.1, 0.15) is 6.04 Å². The van der Waals surface area contributed by atoms with Gasteiger partial charge in [-0.05, 0) is 48.1 Å². The second-order valence-corrected chi connectivity index (χ2v) is 9.15. The van der Waals surface area contributed by atoms with E-state index in [1.54, 1.807) is 6.07 Å². The third-order valence-corrected chi connectivity index (χ3v) is 6.84. The fourth-order valence-electron chi connectivity index (χ4n) is 4.01. The molecule has 3 aromatic rings. The number of nitrogens with one attached hydrogen (secondary N) is 1. The van der Waals surface area contributed by atoms with Crippen LogP contribution >= 0.6 is 22.9 Å². The van der Waals surface area contributed by atoms with Crippen LogP contribution in [-0.2, 0) is 4.79 Å². The lowest BCUT2D eigenvalue weighted by molar-refractivity contribution is -0.121. The van der Waals surface area contributed by atoms with Crippen molar-refractivity contribution in [3.8, 4) is 0 Å². The summed E-state index contributed by atoms with van der Waals surface area (Å²) in [6.45, 7) is 4.55. The molecular formula is C25H26ClN3O2S. The standard InChI is InChI=1S/C25H26ClN3O2S/c1-18-8-9-21(16-22(18)26)27-24(30)23(19-6-3-2-4-7-19)28-11-5-12-29(14-13-28)25(31)20-10-15-32-17-20/h2-4,6-10,15-17,23H,5,11-14H2,1H3,(H,27,30). The molecule has 1 fully saturated rings. The van der Waals surface area contributed by atoms with Gasteiger partial charge in [0.2, 0.25) is 5.91 Å². The highest BCUT2D eigenvalue weighted by molar-refractivity contribution is 7.08. The van der Waals surface area contributed by atoms with E-state index in [2.05, 4.69) is 10.2 Å². The topological polar surface area (TPSA) is 52.7 Å². The van der Waals surface area contributed by atoms with E-state index >= 15 is 0 Å². The number of benzene rings is 2. The minimum Gasteiger partial charge on any atom is -0.337 e. The highest BCUT2D eigenvalue weighted by Gasteiger charge is 2.30. The second kappa shape index (κ2) is 10.3. The quantitative estimate of drug-likeness (QED) is 0.558. The van der Waals surface area contributed by atoms with Crippen LogP contribution in [0.2, 0.25) is 5.02 Å². The highest BCUT2D eigenvalue weighted by Crippen LogP contribution is 2.26. The zero-order valence-corrected chi connectivity index (χ0v) is 19.5. The molecule has 5 nitrogen and oxygen atoms in total. The van der Waals surface area contributed by atoms with Gasteiger partial charge in [-0.25, -0.2) is 0 Å². The Morgan fingerprint density at radius 1 is 1.03 bits per heavy atom. The number of carbonyl (C=O) groups is 2. The molecule has 1 saturated heterocycles. The van der Waals surface area contributed by atoms with Crippen molar-refractivity contribution in [3.05, 3.63) is 87.1 Å². The molecule has 166 valence electrons. The Bertz CT molecular complexity index is 1070. The number of hydrogen-bond acceptors (Lipinski definition) is 4. The lowest BCUT2D eigenvalue weighted by Crippen LogP contribution is -2.40. The number of hydrogen-bond donors (Lipinski definition) is 1. The molecule has 1 N–H and O–H groups in total. The smallest absolute Gasteiger partial charge is 0.254 e. The summed E-state index contributed by atoms with van der Waals surface area (Å²) in [6.07, 6.45) is 0.808. The molecule has 2 heterocycles. The van der Waals surface area contributed by atoms with E-state index in [0.717, 1.165) is 29.7 Å². The van der Waals surface area contributed by atoms with Gasteiger partial charge in [0.25, 0.3) is 5.91 Å². The largest absolute Gasteiger partial charge is 0.337 e. The first-order valence-electron chi connectivity index (χ1n) is 10.7. The molecule has 1 aliphatic heterocycles. The van der Waals surface area contributed by atoms with E-state index in [4.69, 9.17) is 11.6 Å². The van der Waals surface area contributed by atoms with Gasteiger partial charge in [0.15, 0.2) is 0 Å². The molecular weight excluding hydrogens is 442 g/mol. The Balaban J connectivity index is 1.53. The summed E-state index contributed by atoms with van der Waals surface area (Å²) in [5.74, 6) is -0.0446. The fraction of sp³-hybridized carbons (Fsp3) is 0.280. The number of thiophene rings is 1. The van der Waals surface area contributed by atoms with Crippen LogP contribution in [0, 0.1) is 6.92 Å². The second-order valence-electron chi connectivity index (χ2n) is 7.96. The monoisotopic (exact) mass is 467 g/mol. The molecule has 32 heavy (non-hydrogen) atoms. The average Bonchev–Trinajstić information content (AvgIpc) is 3.23. The molecule has 7 heteroatoms. The Morgan fingerprint density at radius 3 is 2.56 bits per heavy atom. The predicted molar refractivity (Wildman–Crippen MR) is 130 cm³/mol. The predicted octanol–water partition coefficient (Wildman–Crippen LogP) is 5.24. The highest BCUT2D eigenvalue weighted by atomic mass is 35.5. The Kier molecular flexibility index (Phi) is 7.25. The van der Waals surface area contributed by atoms with E-state index < -0.39 is 6.04 Å². The Labute approximate surface area is 197 Å². The van der Waals surface area contributed by atoms with Crippen molar-refractivity contribution in [2.75, 3.05) is 31.5 Å². The van der Waals surface area contributed by atoms with Crippen LogP contribution in [0.1, 0.15) is 33.9 Å². The number of halogens is 1. The fourth-order valence-corrected chi connectivity index (χ4v) is 4.82. The van der Waals surface area contributed by atoms with Gasteiger partial charge in [0, 0.05) is 42.3 Å². The first kappa shape index (κ1) is 22.5. The SMILES string of the molecule is Cc1ccc(NC(=O)C(c2ccccc2)N2CCCN(C(=O)c3ccsc3)CC2)cc1Cl. The molecule has 0 saturated carbocycles. The molecule has 0 radical (unpaired) electrons. The molecule has 0 spiro atoms. The van der Waals surface area contributed by atoms with Gasteiger partial charge in [-0.2, -0.15) is 11.3 Å². The third-order valence-electron chi connectivity index (χ3n) is 5.75. The minimum atomic E-state index is -0.451. The van der Waals surface area contributed by atoms with E-state index in [1.807, 2.05) is 71.1 Å². The average molecular weight is 468 g/mol. The molecule has 1 aliphatic rings. The van der Waals surface area contributed by atoms with Crippen molar-refractivity contribution in [1.82, 2.24) is 9.80 Å². The first-order valence-corrected chi connectivity index (χ1v) is 12.0. The molecule has 0 bridgehead atoms. The van der Waals surface area contributed by atoms with Crippen molar-refractivity contribution in [3.63, 3.8) is 0 Å². The molecule has 1 atom stereocenters. The van der Waals surface area contributed by atoms with Gasteiger partial charge in [-0.1, -0.05) is 48.0 Å². The van der Waals surface area contributed by atoms with E-state index in [1.165, 1.54) is 11.3 Å². The van der Waals surface area contributed by atoms with Crippen molar-refractivity contribution in [2.24, 2.45) is 0 Å². The van der Waals surface area contributed by atoms with Crippen molar-refractivity contribution < 1.29 is 9.59 Å². The lowest BCUT2D eigenvalue weighted by atomic mass is 10.0. The number of aryl methyl sites for hydroxylation is 1. The van der Waals surface area contributed by atoms with Crippen LogP contribution in [0.4, 0.5) is 5.69 Å². The molecule has 0 aliphatic carbocycles. The van der Waals surface area contributed by atoms with E-state index in [-0.39, 0.29) is 11.8 Å². The maximum atomic E-state index is 13.4. The maximum Gasteiger partial charge on any atom is 0.254 e. The molecule has 4 rings (SSSR count). The Morgan fingerprint density at radius 2 is 1.84 bits per heavy atom. The number of carbonyl (C=O) groups excluding carboxylic acids is 2. The van der Waals surface area contributed by atoms with Crippen LogP contribution in [0.25, 0.3) is 0 Å². The summed E-state index contributed by atoms with van der Waals surface area (Å²) < 4.78 is 0. The molecule has 1 unspecified atom stereocenters. The molecule has 1 aromatic heterocycles. The summed E-state index contributed by atoms with van der Waals surface area (Å²) >= 11 is 7.78. The summed E-state index contributed by atoms with van der Waals surface area (Å²) in [6, 6.07) is 16.8. The van der Waals surface area contributed by atoms with Gasteiger partial charge in [0.05, 0.1) is 5.56 Å². The number of nitrogens with zero attached hydrogens (tertiary/aromatic N) is 2. The number of anilines is 1. The molecule has 2 aromatic carbocycles. The zero-order chi connectivity index (χ0) is 22.5. The first-order chi connectivity index (χ1) is 15.5. The lowest BCUT2D eigenvalue weighted by Gasteiger charge is -2.30. The normalized spacial score (nSPS) is 15.8. The summed E-state index contributed by atoms with van der Waals surface area (Å²) in [5.41, 5.74) is 3.31. The molecule has 2 amide bonds. The van der Waals surface area contributed by atoms with Crippen molar-refractivity contribution in [1.29, 1.82) is 0 Å². The number of amides is 2. The summed E-state index contributed by atoms with van der Waals surface area (Å²) in [5, 5.41) is 7.47. The third kappa shape index (κ3) is 5.21. The van der Waals surface area contributed by atoms with Crippen LogP contribution in [0.3, 0.4) is 0 Å². The minimum absolute atomic E-state index is 0.0584. The summed E-state index contributed by atoms with van der Waals surface area (Å²) in [7, 11) is 0. The van der Waals surface area contributed by atoms with E-state index in [9.17, 15) is 9.59 Å². The van der Waals surface area contributed by atoms with Crippen LogP contribution in [0.5, 0.6) is 0 Å². The number of rotatable bonds is 5. The van der Waals surface area contributed by atoms with Crippen molar-refractivity contribution in [2.45, 2.75) is 19.4 Å². The van der Waals surface area contributed by atoms with Crippen LogP contribution in [-0.4, -0.2) is 47.8 Å². The van der Waals surface area contributed by atoms with Crippen LogP contribution < -0.4 is 5.32 Å². The van der Waals surface area contributed by atoms with Gasteiger partial charge in [-0.3, -0.25) is 14.5 Å². The van der Waals surface area contributed by atoms with Gasteiger partial charge in [-0.15, -0.1) is 0 Å². The van der Waals surface area contributed by atoms with Crippen LogP contribution in [0.15, 0.2) is 65.4 Å². The van der Waals surface area contributed by atoms with E-state index in [0.29, 0.717) is 30.3 Å². The zero-order valence-electron chi connectivity index (χ0n) is 18.0.